The molecule has 2 aromatic rings. The van der Waals surface area contributed by atoms with Crippen LogP contribution in [0.4, 0.5) is 11.4 Å². The topological polar surface area (TPSA) is 50.9 Å². The zero-order chi connectivity index (χ0) is 14.0. The summed E-state index contributed by atoms with van der Waals surface area (Å²) in [5, 5.41) is 4.79. The average Bonchev–Trinajstić information content (AvgIpc) is 2.45. The van der Waals surface area contributed by atoms with Crippen molar-refractivity contribution in [1.29, 1.82) is 0 Å². The Balaban J connectivity index is 1.80. The van der Waals surface area contributed by atoms with Gasteiger partial charge in [0, 0.05) is 29.5 Å². The second kappa shape index (κ2) is 5.31. The van der Waals surface area contributed by atoms with Crippen molar-refractivity contribution in [2.45, 2.75) is 39.0 Å². The van der Waals surface area contributed by atoms with Gasteiger partial charge in [0.1, 0.15) is 0 Å². The van der Waals surface area contributed by atoms with Gasteiger partial charge in [0.15, 0.2) is 0 Å². The van der Waals surface area contributed by atoms with E-state index in [1.807, 2.05) is 18.3 Å². The highest BCUT2D eigenvalue weighted by molar-refractivity contribution is 5.92. The third-order valence-corrected chi connectivity index (χ3v) is 4.53. The van der Waals surface area contributed by atoms with E-state index < -0.39 is 0 Å². The molecule has 0 saturated heterocycles. The van der Waals surface area contributed by atoms with Crippen LogP contribution in [0.15, 0.2) is 30.5 Å². The van der Waals surface area contributed by atoms with Crippen LogP contribution in [-0.2, 0) is 0 Å². The molecule has 0 radical (unpaired) electrons. The second-order valence-electron chi connectivity index (χ2n) is 6.36. The minimum atomic E-state index is 0.432. The summed E-state index contributed by atoms with van der Waals surface area (Å²) < 4.78 is 0. The quantitative estimate of drug-likeness (QED) is 0.821. The molecule has 1 heterocycles. The van der Waals surface area contributed by atoms with Crippen molar-refractivity contribution < 1.29 is 0 Å². The molecule has 0 bridgehead atoms. The lowest BCUT2D eigenvalue weighted by Gasteiger charge is -2.34. The molecule has 3 heteroatoms. The predicted molar refractivity (Wildman–Crippen MR) is 85.8 cm³/mol. The van der Waals surface area contributed by atoms with Crippen LogP contribution in [0.3, 0.4) is 0 Å². The minimum absolute atomic E-state index is 0.432. The number of benzene rings is 1. The van der Waals surface area contributed by atoms with Gasteiger partial charge in [-0.05, 0) is 42.5 Å². The van der Waals surface area contributed by atoms with Crippen LogP contribution < -0.4 is 11.1 Å². The van der Waals surface area contributed by atoms with Crippen LogP contribution in [0.1, 0.15) is 39.0 Å². The van der Waals surface area contributed by atoms with Crippen LogP contribution in [-0.4, -0.2) is 11.5 Å². The molecule has 0 unspecified atom stereocenters. The fourth-order valence-electron chi connectivity index (χ4n) is 3.21. The minimum Gasteiger partial charge on any atom is -0.399 e. The van der Waals surface area contributed by atoms with Crippen molar-refractivity contribution in [3.05, 3.63) is 30.5 Å². The third-order valence-electron chi connectivity index (χ3n) is 4.53. The number of nitrogen functional groups attached to an aromatic ring is 1. The van der Waals surface area contributed by atoms with Gasteiger partial charge >= 0.3 is 0 Å². The second-order valence-corrected chi connectivity index (χ2v) is 6.36. The number of hydrogen-bond acceptors (Lipinski definition) is 3. The van der Waals surface area contributed by atoms with Crippen LogP contribution in [0.2, 0.25) is 0 Å². The van der Waals surface area contributed by atoms with Crippen LogP contribution in [0.5, 0.6) is 0 Å². The number of hydrogen-bond donors (Lipinski definition) is 2. The van der Waals surface area contributed by atoms with Gasteiger partial charge in [-0.15, -0.1) is 0 Å². The number of aromatic nitrogens is 1. The summed E-state index contributed by atoms with van der Waals surface area (Å²) in [5.74, 6) is 0. The smallest absolute Gasteiger partial charge is 0.0743 e. The van der Waals surface area contributed by atoms with Crippen molar-refractivity contribution >= 4 is 22.3 Å². The Morgan fingerprint density at radius 1 is 1.20 bits per heavy atom. The molecule has 3 rings (SSSR count). The molecular formula is C17H23N3. The predicted octanol–water partition coefficient (Wildman–Crippen LogP) is 4.20. The lowest BCUT2D eigenvalue weighted by Crippen LogP contribution is -2.28. The lowest BCUT2D eigenvalue weighted by atomic mass is 9.75. The molecule has 1 aromatic carbocycles. The van der Waals surface area contributed by atoms with Crippen molar-refractivity contribution in [3.63, 3.8) is 0 Å². The summed E-state index contributed by atoms with van der Waals surface area (Å²) >= 11 is 0. The van der Waals surface area contributed by atoms with E-state index in [9.17, 15) is 0 Å². The SMILES string of the molecule is CC1(CNc2ccnc3cc(N)ccc23)CCCCC1. The maximum atomic E-state index is 5.83. The molecule has 1 aliphatic rings. The monoisotopic (exact) mass is 269 g/mol. The highest BCUT2D eigenvalue weighted by Crippen LogP contribution is 2.36. The molecule has 0 aliphatic heterocycles. The third kappa shape index (κ3) is 2.72. The zero-order valence-corrected chi connectivity index (χ0v) is 12.2. The normalized spacial score (nSPS) is 18.1. The van der Waals surface area contributed by atoms with Gasteiger partial charge in [0.05, 0.1) is 5.52 Å². The molecule has 1 aromatic heterocycles. The Hall–Kier alpha value is -1.77. The number of nitrogens with one attached hydrogen (secondary N) is 1. The van der Waals surface area contributed by atoms with E-state index >= 15 is 0 Å². The van der Waals surface area contributed by atoms with E-state index in [2.05, 4.69) is 29.4 Å². The van der Waals surface area contributed by atoms with E-state index in [-0.39, 0.29) is 0 Å². The summed E-state index contributed by atoms with van der Waals surface area (Å²) in [7, 11) is 0. The van der Waals surface area contributed by atoms with Gasteiger partial charge in [-0.3, -0.25) is 4.98 Å². The fourth-order valence-corrected chi connectivity index (χ4v) is 3.21. The first-order chi connectivity index (χ1) is 9.66. The standard InChI is InChI=1S/C17H23N3/c1-17(8-3-2-4-9-17)12-20-15-7-10-19-16-11-13(18)5-6-14(15)16/h5-7,10-11H,2-4,8-9,12,18H2,1H3,(H,19,20). The fraction of sp³-hybridized carbons (Fsp3) is 0.471. The number of fused-ring (bicyclic) bond motifs is 1. The highest BCUT2D eigenvalue weighted by Gasteiger charge is 2.26. The molecule has 0 atom stereocenters. The molecule has 1 aliphatic carbocycles. The summed E-state index contributed by atoms with van der Waals surface area (Å²) in [5.41, 5.74) is 9.15. The number of anilines is 2. The van der Waals surface area contributed by atoms with Crippen LogP contribution >= 0.6 is 0 Å². The van der Waals surface area contributed by atoms with Crippen LogP contribution in [0.25, 0.3) is 10.9 Å². The molecule has 1 saturated carbocycles. The molecule has 0 amide bonds. The molecule has 0 spiro atoms. The maximum Gasteiger partial charge on any atom is 0.0743 e. The van der Waals surface area contributed by atoms with Gasteiger partial charge in [0.2, 0.25) is 0 Å². The molecule has 20 heavy (non-hydrogen) atoms. The summed E-state index contributed by atoms with van der Waals surface area (Å²) in [6.07, 6.45) is 8.64. The Labute approximate surface area is 120 Å². The van der Waals surface area contributed by atoms with Crippen molar-refractivity contribution in [2.24, 2.45) is 5.41 Å². The van der Waals surface area contributed by atoms with Crippen LogP contribution in [0, 0.1) is 5.41 Å². The molecule has 106 valence electrons. The number of nitrogens with two attached hydrogens (primary N) is 1. The Kier molecular flexibility index (Phi) is 3.51. The van der Waals surface area contributed by atoms with Gasteiger partial charge in [0.25, 0.3) is 0 Å². The van der Waals surface area contributed by atoms with E-state index in [4.69, 9.17) is 5.73 Å². The summed E-state index contributed by atoms with van der Waals surface area (Å²) in [6, 6.07) is 7.99. The first-order valence-electron chi connectivity index (χ1n) is 7.54. The Morgan fingerprint density at radius 3 is 2.80 bits per heavy atom. The highest BCUT2D eigenvalue weighted by atomic mass is 14.9. The first kappa shape index (κ1) is 13.2. The van der Waals surface area contributed by atoms with E-state index in [0.29, 0.717) is 5.41 Å². The summed E-state index contributed by atoms with van der Waals surface area (Å²) in [6.45, 7) is 3.44. The van der Waals surface area contributed by atoms with E-state index in [1.165, 1.54) is 37.8 Å². The summed E-state index contributed by atoms with van der Waals surface area (Å²) in [4.78, 5) is 4.39. The van der Waals surface area contributed by atoms with E-state index in [0.717, 1.165) is 23.1 Å². The molecule has 1 fully saturated rings. The average molecular weight is 269 g/mol. The Morgan fingerprint density at radius 2 is 2.00 bits per heavy atom. The first-order valence-corrected chi connectivity index (χ1v) is 7.54. The zero-order valence-electron chi connectivity index (χ0n) is 12.2. The number of nitrogens with zero attached hydrogens (tertiary/aromatic N) is 1. The van der Waals surface area contributed by atoms with E-state index in [1.54, 1.807) is 0 Å². The van der Waals surface area contributed by atoms with Gasteiger partial charge in [-0.25, -0.2) is 0 Å². The lowest BCUT2D eigenvalue weighted by molar-refractivity contribution is 0.233. The van der Waals surface area contributed by atoms with Crippen molar-refractivity contribution in [1.82, 2.24) is 4.98 Å². The number of pyridine rings is 1. The maximum absolute atomic E-state index is 5.83. The van der Waals surface area contributed by atoms with Crippen molar-refractivity contribution in [2.75, 3.05) is 17.6 Å². The van der Waals surface area contributed by atoms with Gasteiger partial charge < -0.3 is 11.1 Å². The van der Waals surface area contributed by atoms with Gasteiger partial charge in [-0.1, -0.05) is 26.2 Å². The molecule has 3 nitrogen and oxygen atoms in total. The molecular weight excluding hydrogens is 246 g/mol. The number of rotatable bonds is 3. The van der Waals surface area contributed by atoms with Crippen molar-refractivity contribution in [3.8, 4) is 0 Å². The largest absolute Gasteiger partial charge is 0.399 e. The van der Waals surface area contributed by atoms with Gasteiger partial charge in [-0.2, -0.15) is 0 Å². The Bertz CT molecular complexity index is 600. The molecule has 3 N–H and O–H groups in total.